The van der Waals surface area contributed by atoms with Gasteiger partial charge in [-0.15, -0.1) is 11.3 Å². The fourth-order valence-corrected chi connectivity index (χ4v) is 4.76. The molecule has 0 radical (unpaired) electrons. The third-order valence-corrected chi connectivity index (χ3v) is 6.25. The van der Waals surface area contributed by atoms with Crippen LogP contribution in [0.3, 0.4) is 0 Å². The first kappa shape index (κ1) is 14.9. The van der Waals surface area contributed by atoms with Crippen molar-refractivity contribution in [1.29, 1.82) is 0 Å². The van der Waals surface area contributed by atoms with Gasteiger partial charge in [0.1, 0.15) is 0 Å². The molecule has 2 rings (SSSR count). The van der Waals surface area contributed by atoms with Crippen LogP contribution in [-0.4, -0.2) is 44.6 Å². The summed E-state index contributed by atoms with van der Waals surface area (Å²) in [6.45, 7) is 1.61. The Morgan fingerprint density at radius 2 is 2.37 bits per heavy atom. The highest BCUT2D eigenvalue weighted by Gasteiger charge is 2.27. The SMILES string of the molecule is CN(CC1CCCOC1)S(=O)(=O)c1ccsc1CO. The zero-order chi connectivity index (χ0) is 13.9. The molecule has 1 aromatic heterocycles. The van der Waals surface area contributed by atoms with Gasteiger partial charge < -0.3 is 9.84 Å². The average Bonchev–Trinajstić information content (AvgIpc) is 2.88. The zero-order valence-corrected chi connectivity index (χ0v) is 12.5. The second-order valence-corrected chi connectivity index (χ2v) is 7.75. The van der Waals surface area contributed by atoms with Crippen molar-refractivity contribution in [2.24, 2.45) is 5.92 Å². The summed E-state index contributed by atoms with van der Waals surface area (Å²) >= 11 is 1.26. The van der Waals surface area contributed by atoms with Gasteiger partial charge >= 0.3 is 0 Å². The van der Waals surface area contributed by atoms with Crippen molar-refractivity contribution < 1.29 is 18.3 Å². The molecule has 0 amide bonds. The maximum Gasteiger partial charge on any atom is 0.244 e. The predicted molar refractivity (Wildman–Crippen MR) is 73.6 cm³/mol. The van der Waals surface area contributed by atoms with Gasteiger partial charge in [-0.2, -0.15) is 0 Å². The molecule has 1 fully saturated rings. The summed E-state index contributed by atoms with van der Waals surface area (Å²) in [7, 11) is -1.92. The minimum Gasteiger partial charge on any atom is -0.391 e. The summed E-state index contributed by atoms with van der Waals surface area (Å²) in [6, 6.07) is 1.55. The van der Waals surface area contributed by atoms with Gasteiger partial charge in [0.25, 0.3) is 0 Å². The highest BCUT2D eigenvalue weighted by Crippen LogP contribution is 2.26. The molecule has 1 atom stereocenters. The van der Waals surface area contributed by atoms with E-state index < -0.39 is 10.0 Å². The van der Waals surface area contributed by atoms with E-state index in [1.165, 1.54) is 15.6 Å². The van der Waals surface area contributed by atoms with Gasteiger partial charge in [-0.3, -0.25) is 0 Å². The molecule has 19 heavy (non-hydrogen) atoms. The summed E-state index contributed by atoms with van der Waals surface area (Å²) in [4.78, 5) is 0.714. The number of thiophene rings is 1. The van der Waals surface area contributed by atoms with Gasteiger partial charge in [-0.25, -0.2) is 12.7 Å². The summed E-state index contributed by atoms with van der Waals surface area (Å²) in [5.74, 6) is 0.254. The molecule has 5 nitrogen and oxygen atoms in total. The van der Waals surface area contributed by atoms with Gasteiger partial charge in [0, 0.05) is 25.1 Å². The third kappa shape index (κ3) is 3.35. The van der Waals surface area contributed by atoms with Crippen LogP contribution in [0.4, 0.5) is 0 Å². The monoisotopic (exact) mass is 305 g/mol. The first-order chi connectivity index (χ1) is 9.05. The molecule has 1 N–H and O–H groups in total. The second kappa shape index (κ2) is 6.32. The Balaban J connectivity index is 2.10. The van der Waals surface area contributed by atoms with Crippen LogP contribution in [0.2, 0.25) is 0 Å². The van der Waals surface area contributed by atoms with Gasteiger partial charge in [0.05, 0.1) is 18.1 Å². The van der Waals surface area contributed by atoms with Crippen LogP contribution in [0, 0.1) is 5.92 Å². The lowest BCUT2D eigenvalue weighted by Crippen LogP contribution is -2.35. The van der Waals surface area contributed by atoms with E-state index in [4.69, 9.17) is 4.74 Å². The number of aliphatic hydroxyl groups excluding tert-OH is 1. The van der Waals surface area contributed by atoms with Crippen molar-refractivity contribution in [3.63, 3.8) is 0 Å². The molecule has 0 aliphatic carbocycles. The van der Waals surface area contributed by atoms with E-state index in [1.807, 2.05) is 0 Å². The topological polar surface area (TPSA) is 66.8 Å². The van der Waals surface area contributed by atoms with Gasteiger partial charge in [0.15, 0.2) is 0 Å². The quantitative estimate of drug-likeness (QED) is 0.890. The lowest BCUT2D eigenvalue weighted by molar-refractivity contribution is 0.0495. The lowest BCUT2D eigenvalue weighted by atomic mass is 10.0. The van der Waals surface area contributed by atoms with E-state index in [1.54, 1.807) is 18.5 Å². The standard InChI is InChI=1S/C12H19NO4S2/c1-13(7-10-3-2-5-17-9-10)19(15,16)12-4-6-18-11(12)8-14/h4,6,10,14H,2-3,5,7-9H2,1H3. The van der Waals surface area contributed by atoms with Crippen molar-refractivity contribution >= 4 is 21.4 Å². The Bertz CT molecular complexity index is 506. The van der Waals surface area contributed by atoms with Crippen molar-refractivity contribution in [2.75, 3.05) is 26.8 Å². The van der Waals surface area contributed by atoms with Crippen LogP contribution >= 0.6 is 11.3 Å². The molecule has 1 unspecified atom stereocenters. The second-order valence-electron chi connectivity index (χ2n) is 4.73. The lowest BCUT2D eigenvalue weighted by Gasteiger charge is -2.26. The third-order valence-electron chi connectivity index (χ3n) is 3.31. The molecule has 0 saturated carbocycles. The van der Waals surface area contributed by atoms with Crippen molar-refractivity contribution in [1.82, 2.24) is 4.31 Å². The first-order valence-corrected chi connectivity index (χ1v) is 8.59. The largest absolute Gasteiger partial charge is 0.391 e. The number of ether oxygens (including phenoxy) is 1. The van der Waals surface area contributed by atoms with Gasteiger partial charge in [-0.05, 0) is 30.2 Å². The minimum absolute atomic E-state index is 0.222. The Morgan fingerprint density at radius 1 is 1.58 bits per heavy atom. The Hall–Kier alpha value is -0.470. The highest BCUT2D eigenvalue weighted by molar-refractivity contribution is 7.89. The molecule has 0 aromatic carbocycles. The van der Waals surface area contributed by atoms with E-state index in [-0.39, 0.29) is 17.4 Å². The fraction of sp³-hybridized carbons (Fsp3) is 0.667. The van der Waals surface area contributed by atoms with E-state index in [9.17, 15) is 13.5 Å². The average molecular weight is 305 g/mol. The Labute approximate surface area is 117 Å². The summed E-state index contributed by atoms with van der Waals surface area (Å²) in [6.07, 6.45) is 1.98. The van der Waals surface area contributed by atoms with Crippen LogP contribution < -0.4 is 0 Å². The smallest absolute Gasteiger partial charge is 0.244 e. The van der Waals surface area contributed by atoms with Gasteiger partial charge in [-0.1, -0.05) is 0 Å². The van der Waals surface area contributed by atoms with Crippen molar-refractivity contribution in [3.05, 3.63) is 16.3 Å². The zero-order valence-electron chi connectivity index (χ0n) is 10.9. The molecule has 1 aliphatic heterocycles. The maximum absolute atomic E-state index is 12.4. The Morgan fingerprint density at radius 3 is 3.00 bits per heavy atom. The van der Waals surface area contributed by atoms with E-state index in [0.717, 1.165) is 19.4 Å². The molecule has 1 aromatic rings. The predicted octanol–water partition coefficient (Wildman–Crippen LogP) is 1.29. The summed E-state index contributed by atoms with van der Waals surface area (Å²) in [5, 5.41) is 10.9. The van der Waals surface area contributed by atoms with E-state index in [2.05, 4.69) is 0 Å². The van der Waals surface area contributed by atoms with Crippen molar-refractivity contribution in [2.45, 2.75) is 24.3 Å². The van der Waals surface area contributed by atoms with Crippen molar-refractivity contribution in [3.8, 4) is 0 Å². The minimum atomic E-state index is -3.51. The van der Waals surface area contributed by atoms with Crippen LogP contribution in [0.5, 0.6) is 0 Å². The number of rotatable bonds is 5. The number of hydrogen-bond acceptors (Lipinski definition) is 5. The fourth-order valence-electron chi connectivity index (χ4n) is 2.26. The molecular weight excluding hydrogens is 286 g/mol. The van der Waals surface area contributed by atoms with Crippen LogP contribution in [0.15, 0.2) is 16.3 Å². The molecule has 0 spiro atoms. The normalized spacial score (nSPS) is 20.9. The molecule has 7 heteroatoms. The molecule has 0 bridgehead atoms. The number of sulfonamides is 1. The number of nitrogens with zero attached hydrogens (tertiary/aromatic N) is 1. The summed E-state index contributed by atoms with van der Waals surface area (Å²) in [5.41, 5.74) is 0. The van der Waals surface area contributed by atoms with Crippen LogP contribution in [0.25, 0.3) is 0 Å². The Kier molecular flexibility index (Phi) is 4.97. The summed E-state index contributed by atoms with van der Waals surface area (Å²) < 4.78 is 31.6. The molecule has 2 heterocycles. The van der Waals surface area contributed by atoms with Crippen LogP contribution in [-0.2, 0) is 21.4 Å². The number of hydrogen-bond donors (Lipinski definition) is 1. The van der Waals surface area contributed by atoms with E-state index in [0.29, 0.717) is 18.0 Å². The highest BCUT2D eigenvalue weighted by atomic mass is 32.2. The maximum atomic E-state index is 12.4. The van der Waals surface area contributed by atoms with Crippen LogP contribution in [0.1, 0.15) is 17.7 Å². The van der Waals surface area contributed by atoms with E-state index >= 15 is 0 Å². The molecular formula is C12H19NO4S2. The van der Waals surface area contributed by atoms with Gasteiger partial charge in [0.2, 0.25) is 10.0 Å². The number of aliphatic hydroxyl groups is 1. The first-order valence-electron chi connectivity index (χ1n) is 6.27. The molecule has 108 valence electrons. The molecule has 1 aliphatic rings. The molecule has 1 saturated heterocycles.